The molecule has 0 spiro atoms. The molecule has 0 bridgehead atoms. The van der Waals surface area contributed by atoms with Crippen LogP contribution < -0.4 is 0 Å². The summed E-state index contributed by atoms with van der Waals surface area (Å²) in [5, 5.41) is 8.35. The molecule has 4 nitrogen and oxygen atoms in total. The second kappa shape index (κ2) is 7.40. The number of carbonyl (C=O) groups excluding carboxylic acids is 3. The molecule has 0 aliphatic heterocycles. The van der Waals surface area contributed by atoms with Crippen LogP contribution in [0.15, 0.2) is 6.08 Å². The molecule has 0 rings (SSSR count). The number of hydrogen-bond donors (Lipinski definition) is 1. The lowest BCUT2D eigenvalue weighted by Gasteiger charge is -1.95. The Kier molecular flexibility index (Phi) is 6.69. The first-order chi connectivity index (χ1) is 6.20. The third kappa shape index (κ3) is 7.12. The number of carbonyl (C=O) groups is 2. The molecule has 0 saturated carbocycles. The van der Waals surface area contributed by atoms with Crippen molar-refractivity contribution in [1.82, 2.24) is 0 Å². The van der Waals surface area contributed by atoms with Gasteiger partial charge in [0, 0.05) is 25.3 Å². The summed E-state index contributed by atoms with van der Waals surface area (Å²) in [7, 11) is 0. The number of ketones is 2. The molecule has 0 heterocycles. The summed E-state index contributed by atoms with van der Waals surface area (Å²) >= 11 is 0. The van der Waals surface area contributed by atoms with Crippen molar-refractivity contribution in [2.45, 2.75) is 25.7 Å². The maximum atomic E-state index is 10.9. The summed E-state index contributed by atoms with van der Waals surface area (Å²) in [4.78, 5) is 31.2. The van der Waals surface area contributed by atoms with Crippen molar-refractivity contribution in [1.29, 1.82) is 0 Å². The highest BCUT2D eigenvalue weighted by molar-refractivity contribution is 5.83. The van der Waals surface area contributed by atoms with Crippen molar-refractivity contribution >= 4 is 17.5 Å². The van der Waals surface area contributed by atoms with E-state index in [1.54, 1.807) is 0 Å². The van der Waals surface area contributed by atoms with Crippen LogP contribution in [0.25, 0.3) is 0 Å². The van der Waals surface area contributed by atoms with Gasteiger partial charge in [-0.3, -0.25) is 9.59 Å². The van der Waals surface area contributed by atoms with Gasteiger partial charge in [-0.1, -0.05) is 0 Å². The molecule has 0 aromatic carbocycles. The molecule has 0 amide bonds. The smallest absolute Gasteiger partial charge is 0.158 e. The molecule has 13 heavy (non-hydrogen) atoms. The Morgan fingerprint density at radius 2 is 1.85 bits per heavy atom. The third-order valence-electron chi connectivity index (χ3n) is 1.50. The second-order valence-electron chi connectivity index (χ2n) is 2.62. The van der Waals surface area contributed by atoms with Crippen LogP contribution in [0, 0.1) is 0 Å². The maximum absolute atomic E-state index is 10.9. The SMILES string of the molecule is O=C=CCC(=O)CCCC(=O)CO. The van der Waals surface area contributed by atoms with E-state index in [0.29, 0.717) is 6.42 Å². The first-order valence-corrected chi connectivity index (χ1v) is 4.04. The molecule has 0 unspecified atom stereocenters. The van der Waals surface area contributed by atoms with Crippen LogP contribution in [0.2, 0.25) is 0 Å². The van der Waals surface area contributed by atoms with E-state index in [4.69, 9.17) is 5.11 Å². The molecule has 0 aliphatic carbocycles. The molecule has 0 radical (unpaired) electrons. The lowest BCUT2D eigenvalue weighted by molar-refractivity contribution is -0.122. The highest BCUT2D eigenvalue weighted by Gasteiger charge is 2.02. The minimum atomic E-state index is -0.470. The van der Waals surface area contributed by atoms with Crippen LogP contribution >= 0.6 is 0 Å². The van der Waals surface area contributed by atoms with Crippen molar-refractivity contribution in [3.63, 3.8) is 0 Å². The average Bonchev–Trinajstić information content (AvgIpc) is 2.14. The first kappa shape index (κ1) is 11.8. The Labute approximate surface area is 76.2 Å². The lowest BCUT2D eigenvalue weighted by Crippen LogP contribution is -2.04. The Morgan fingerprint density at radius 3 is 2.38 bits per heavy atom. The Hall–Kier alpha value is -1.25. The normalized spacial score (nSPS) is 9.00. The number of Topliss-reactive ketones (excluding diaryl/α,β-unsaturated/α-hetero) is 2. The molecule has 1 N–H and O–H groups in total. The summed E-state index contributed by atoms with van der Waals surface area (Å²) in [5.41, 5.74) is 0. The monoisotopic (exact) mass is 184 g/mol. The van der Waals surface area contributed by atoms with Gasteiger partial charge in [0.15, 0.2) is 5.78 Å². The topological polar surface area (TPSA) is 71.4 Å². The summed E-state index contributed by atoms with van der Waals surface area (Å²) in [6.07, 6.45) is 2.12. The summed E-state index contributed by atoms with van der Waals surface area (Å²) in [6, 6.07) is 0. The quantitative estimate of drug-likeness (QED) is 0.568. The average molecular weight is 184 g/mol. The molecule has 72 valence electrons. The fourth-order valence-electron chi connectivity index (χ4n) is 0.819. The highest BCUT2D eigenvalue weighted by atomic mass is 16.3. The van der Waals surface area contributed by atoms with Crippen LogP contribution in [0.1, 0.15) is 25.7 Å². The van der Waals surface area contributed by atoms with E-state index in [9.17, 15) is 14.4 Å². The summed E-state index contributed by atoms with van der Waals surface area (Å²) in [6.45, 7) is -0.470. The van der Waals surface area contributed by atoms with E-state index in [1.165, 1.54) is 5.94 Å². The van der Waals surface area contributed by atoms with Crippen LogP contribution in [-0.4, -0.2) is 29.2 Å². The summed E-state index contributed by atoms with van der Waals surface area (Å²) < 4.78 is 0. The second-order valence-corrected chi connectivity index (χ2v) is 2.62. The van der Waals surface area contributed by atoms with Gasteiger partial charge < -0.3 is 5.11 Å². The minimum absolute atomic E-state index is 0.0802. The van der Waals surface area contributed by atoms with Gasteiger partial charge in [-0.05, 0) is 6.42 Å². The van der Waals surface area contributed by atoms with E-state index in [0.717, 1.165) is 6.08 Å². The standard InChI is InChI=1S/C9H12O4/c10-6-2-5-8(12)3-1-4-9(13)7-11/h2,11H,1,3-5,7H2. The Bertz CT molecular complexity index is 226. The predicted octanol–water partition coefficient (Wildman–Crippen LogP) is 0.0651. The van der Waals surface area contributed by atoms with Gasteiger partial charge >= 0.3 is 0 Å². The molecule has 0 saturated heterocycles. The Morgan fingerprint density at radius 1 is 1.23 bits per heavy atom. The van der Waals surface area contributed by atoms with Gasteiger partial charge in [-0.25, -0.2) is 4.79 Å². The first-order valence-electron chi connectivity index (χ1n) is 4.04. The number of allylic oxidation sites excluding steroid dienone is 1. The van der Waals surface area contributed by atoms with Gasteiger partial charge in [0.1, 0.15) is 18.3 Å². The van der Waals surface area contributed by atoms with Gasteiger partial charge in [-0.2, -0.15) is 0 Å². The van der Waals surface area contributed by atoms with Gasteiger partial charge in [0.05, 0.1) is 0 Å². The van der Waals surface area contributed by atoms with Crippen molar-refractivity contribution in [3.8, 4) is 0 Å². The molecule has 0 aromatic rings. The van der Waals surface area contributed by atoms with Crippen LogP contribution in [0.4, 0.5) is 0 Å². The molecule has 0 atom stereocenters. The van der Waals surface area contributed by atoms with Crippen LogP contribution in [0.5, 0.6) is 0 Å². The highest BCUT2D eigenvalue weighted by Crippen LogP contribution is 1.99. The number of aliphatic hydroxyl groups excluding tert-OH is 1. The van der Waals surface area contributed by atoms with Gasteiger partial charge in [-0.15, -0.1) is 0 Å². The molecule has 0 aromatic heterocycles. The minimum Gasteiger partial charge on any atom is -0.389 e. The summed E-state index contributed by atoms with van der Waals surface area (Å²) in [5.74, 6) is 1.15. The third-order valence-corrected chi connectivity index (χ3v) is 1.50. The van der Waals surface area contributed by atoms with E-state index in [1.807, 2.05) is 0 Å². The zero-order valence-corrected chi connectivity index (χ0v) is 7.28. The number of rotatable bonds is 7. The molecule has 4 heteroatoms. The Balaban J connectivity index is 3.47. The van der Waals surface area contributed by atoms with E-state index in [2.05, 4.69) is 0 Å². The van der Waals surface area contributed by atoms with Crippen molar-refractivity contribution < 1.29 is 19.5 Å². The van der Waals surface area contributed by atoms with Gasteiger partial charge in [0.2, 0.25) is 0 Å². The zero-order chi connectivity index (χ0) is 10.1. The molecule has 0 fully saturated rings. The largest absolute Gasteiger partial charge is 0.389 e. The fraction of sp³-hybridized carbons (Fsp3) is 0.556. The van der Waals surface area contributed by atoms with E-state index < -0.39 is 6.61 Å². The fourth-order valence-corrected chi connectivity index (χ4v) is 0.819. The van der Waals surface area contributed by atoms with E-state index >= 15 is 0 Å². The van der Waals surface area contributed by atoms with Crippen LogP contribution in [0.3, 0.4) is 0 Å². The number of hydrogen-bond acceptors (Lipinski definition) is 4. The zero-order valence-electron chi connectivity index (χ0n) is 7.28. The van der Waals surface area contributed by atoms with Crippen LogP contribution in [-0.2, 0) is 14.4 Å². The number of aliphatic hydroxyl groups is 1. The van der Waals surface area contributed by atoms with Crippen molar-refractivity contribution in [2.24, 2.45) is 0 Å². The van der Waals surface area contributed by atoms with E-state index in [-0.39, 0.29) is 30.8 Å². The van der Waals surface area contributed by atoms with Crippen molar-refractivity contribution in [3.05, 3.63) is 6.08 Å². The van der Waals surface area contributed by atoms with Crippen molar-refractivity contribution in [2.75, 3.05) is 6.61 Å². The lowest BCUT2D eigenvalue weighted by atomic mass is 10.1. The predicted molar refractivity (Wildman–Crippen MR) is 45.8 cm³/mol. The molecule has 0 aliphatic rings. The molecular formula is C9H12O4. The van der Waals surface area contributed by atoms with Gasteiger partial charge in [0.25, 0.3) is 0 Å². The molecular weight excluding hydrogens is 172 g/mol. The maximum Gasteiger partial charge on any atom is 0.158 e.